The maximum absolute atomic E-state index is 12.9. The number of hydrogen-bond acceptors (Lipinski definition) is 1. The number of hydrogen-bond donors (Lipinski definition) is 1. The van der Waals surface area contributed by atoms with E-state index in [9.17, 15) is 13.6 Å². The molecule has 1 aliphatic heterocycles. The molecule has 1 rings (SSSR count). The summed E-state index contributed by atoms with van der Waals surface area (Å²) in [6.45, 7) is 6.22. The maximum atomic E-state index is 12.9. The molecule has 94 valence electrons. The van der Waals surface area contributed by atoms with Gasteiger partial charge in [-0.15, -0.1) is 0 Å². The van der Waals surface area contributed by atoms with Crippen molar-refractivity contribution in [2.45, 2.75) is 45.6 Å². The first-order valence-electron chi connectivity index (χ1n) is 5.75. The van der Waals surface area contributed by atoms with Crippen molar-refractivity contribution in [3.05, 3.63) is 0 Å². The van der Waals surface area contributed by atoms with Crippen LogP contribution in [-0.2, 0) is 0 Å². The third-order valence-corrected chi connectivity index (χ3v) is 3.13. The second-order valence-corrected chi connectivity index (χ2v) is 4.83. The molecular weight excluding hydrogens is 214 g/mol. The average Bonchev–Trinajstić information content (AvgIpc) is 2.17. The first kappa shape index (κ1) is 13.2. The summed E-state index contributed by atoms with van der Waals surface area (Å²) in [4.78, 5) is 13.2. The summed E-state index contributed by atoms with van der Waals surface area (Å²) in [5.41, 5.74) is 0. The van der Waals surface area contributed by atoms with Crippen molar-refractivity contribution >= 4 is 6.03 Å². The first-order chi connectivity index (χ1) is 7.32. The largest absolute Gasteiger partial charge is 0.335 e. The number of nitrogens with one attached hydrogen (secondary N) is 1. The molecule has 16 heavy (non-hydrogen) atoms. The highest BCUT2D eigenvalue weighted by molar-refractivity contribution is 5.74. The quantitative estimate of drug-likeness (QED) is 0.782. The topological polar surface area (TPSA) is 32.3 Å². The van der Waals surface area contributed by atoms with E-state index >= 15 is 0 Å². The monoisotopic (exact) mass is 234 g/mol. The number of carbonyl (C=O) groups is 1. The Bertz CT molecular complexity index is 246. The van der Waals surface area contributed by atoms with Gasteiger partial charge in [-0.1, -0.05) is 13.8 Å². The molecule has 0 aliphatic carbocycles. The molecule has 2 amide bonds. The molecule has 1 atom stereocenters. The molecular formula is C11H20F2N2O. The zero-order chi connectivity index (χ0) is 12.3. The molecule has 3 nitrogen and oxygen atoms in total. The molecule has 1 saturated heterocycles. The maximum Gasteiger partial charge on any atom is 0.317 e. The van der Waals surface area contributed by atoms with E-state index in [1.165, 1.54) is 4.90 Å². The van der Waals surface area contributed by atoms with Crippen LogP contribution in [0.15, 0.2) is 0 Å². The number of nitrogens with zero attached hydrogens (tertiary/aromatic N) is 1. The van der Waals surface area contributed by atoms with Crippen LogP contribution in [0, 0.1) is 5.92 Å². The highest BCUT2D eigenvalue weighted by Crippen LogP contribution is 2.27. The van der Waals surface area contributed by atoms with Crippen LogP contribution in [0.5, 0.6) is 0 Å². The molecule has 1 fully saturated rings. The Morgan fingerprint density at radius 3 is 2.19 bits per heavy atom. The molecule has 0 aromatic carbocycles. The van der Waals surface area contributed by atoms with Gasteiger partial charge in [0.2, 0.25) is 0 Å². The van der Waals surface area contributed by atoms with Crippen molar-refractivity contribution < 1.29 is 13.6 Å². The number of piperidine rings is 1. The molecule has 0 bridgehead atoms. The SMILES string of the molecule is CC(C)[C@@H](C)NC(=O)N1CCC(F)(F)CC1. The Morgan fingerprint density at radius 1 is 1.25 bits per heavy atom. The molecule has 1 aliphatic rings. The predicted octanol–water partition coefficient (Wildman–Crippen LogP) is 2.47. The first-order valence-corrected chi connectivity index (χ1v) is 5.75. The highest BCUT2D eigenvalue weighted by Gasteiger charge is 2.35. The second kappa shape index (κ2) is 4.97. The predicted molar refractivity (Wildman–Crippen MR) is 58.6 cm³/mol. The molecule has 0 saturated carbocycles. The van der Waals surface area contributed by atoms with Gasteiger partial charge in [0.25, 0.3) is 5.92 Å². The van der Waals surface area contributed by atoms with Crippen LogP contribution in [0.3, 0.4) is 0 Å². The number of carbonyl (C=O) groups excluding carboxylic acids is 1. The van der Waals surface area contributed by atoms with E-state index < -0.39 is 5.92 Å². The number of rotatable bonds is 2. The smallest absolute Gasteiger partial charge is 0.317 e. The fourth-order valence-corrected chi connectivity index (χ4v) is 1.49. The molecule has 0 radical (unpaired) electrons. The Hall–Kier alpha value is -0.870. The van der Waals surface area contributed by atoms with Gasteiger partial charge in [0.1, 0.15) is 0 Å². The van der Waals surface area contributed by atoms with Crippen molar-refractivity contribution in [2.75, 3.05) is 13.1 Å². The second-order valence-electron chi connectivity index (χ2n) is 4.83. The van der Waals surface area contributed by atoms with Crippen molar-refractivity contribution in [3.8, 4) is 0 Å². The average molecular weight is 234 g/mol. The summed E-state index contributed by atoms with van der Waals surface area (Å²) in [5.74, 6) is -2.25. The standard InChI is InChI=1S/C11H20F2N2O/c1-8(2)9(3)14-10(16)15-6-4-11(12,13)5-7-15/h8-9H,4-7H2,1-3H3,(H,14,16)/t9-/m1/s1. The lowest BCUT2D eigenvalue weighted by Gasteiger charge is -2.33. The van der Waals surface area contributed by atoms with Crippen molar-refractivity contribution in [1.29, 1.82) is 0 Å². The Morgan fingerprint density at radius 2 is 1.75 bits per heavy atom. The van der Waals surface area contributed by atoms with Crippen molar-refractivity contribution in [3.63, 3.8) is 0 Å². The fraction of sp³-hybridized carbons (Fsp3) is 0.909. The van der Waals surface area contributed by atoms with E-state index in [-0.39, 0.29) is 38.0 Å². The fourth-order valence-electron chi connectivity index (χ4n) is 1.49. The van der Waals surface area contributed by atoms with E-state index in [0.717, 1.165) is 0 Å². The summed E-state index contributed by atoms with van der Waals surface area (Å²) in [6.07, 6.45) is -0.451. The minimum absolute atomic E-state index is 0.0648. The summed E-state index contributed by atoms with van der Waals surface area (Å²) in [6, 6.07) is -0.161. The third kappa shape index (κ3) is 3.61. The van der Waals surface area contributed by atoms with Crippen molar-refractivity contribution in [2.24, 2.45) is 5.92 Å². The zero-order valence-corrected chi connectivity index (χ0v) is 10.1. The van der Waals surface area contributed by atoms with Gasteiger partial charge in [0.05, 0.1) is 0 Å². The van der Waals surface area contributed by atoms with Gasteiger partial charge in [-0.2, -0.15) is 0 Å². The molecule has 0 aromatic rings. The summed E-state index contributed by atoms with van der Waals surface area (Å²) >= 11 is 0. The highest BCUT2D eigenvalue weighted by atomic mass is 19.3. The molecule has 5 heteroatoms. The normalized spacial score (nSPS) is 22.0. The van der Waals surface area contributed by atoms with Gasteiger partial charge >= 0.3 is 6.03 Å². The van der Waals surface area contributed by atoms with Crippen LogP contribution in [-0.4, -0.2) is 36.0 Å². The summed E-state index contributed by atoms with van der Waals surface area (Å²) in [5, 5.41) is 2.82. The minimum atomic E-state index is -2.60. The molecule has 0 aromatic heterocycles. The lowest BCUT2D eigenvalue weighted by atomic mass is 10.1. The molecule has 0 spiro atoms. The van der Waals surface area contributed by atoms with Crippen LogP contribution in [0.25, 0.3) is 0 Å². The number of halogens is 2. The van der Waals surface area contributed by atoms with Crippen LogP contribution in [0.2, 0.25) is 0 Å². The lowest BCUT2D eigenvalue weighted by Crippen LogP contribution is -2.50. The van der Waals surface area contributed by atoms with Gasteiger partial charge in [0.15, 0.2) is 0 Å². The van der Waals surface area contributed by atoms with Crippen LogP contribution >= 0.6 is 0 Å². The van der Waals surface area contributed by atoms with Gasteiger partial charge in [0, 0.05) is 32.0 Å². The van der Waals surface area contributed by atoms with E-state index in [4.69, 9.17) is 0 Å². The van der Waals surface area contributed by atoms with E-state index in [1.807, 2.05) is 20.8 Å². The molecule has 1 heterocycles. The van der Waals surface area contributed by atoms with Gasteiger partial charge in [-0.3, -0.25) is 0 Å². The Labute approximate surface area is 95.2 Å². The van der Waals surface area contributed by atoms with Crippen LogP contribution in [0.4, 0.5) is 13.6 Å². The number of likely N-dealkylation sites (tertiary alicyclic amines) is 1. The lowest BCUT2D eigenvalue weighted by molar-refractivity contribution is -0.0471. The van der Waals surface area contributed by atoms with Crippen LogP contribution in [0.1, 0.15) is 33.6 Å². The van der Waals surface area contributed by atoms with Gasteiger partial charge < -0.3 is 10.2 Å². The van der Waals surface area contributed by atoms with Crippen LogP contribution < -0.4 is 5.32 Å². The minimum Gasteiger partial charge on any atom is -0.335 e. The van der Waals surface area contributed by atoms with Gasteiger partial charge in [-0.05, 0) is 12.8 Å². The number of alkyl halides is 2. The third-order valence-electron chi connectivity index (χ3n) is 3.13. The van der Waals surface area contributed by atoms with E-state index in [1.54, 1.807) is 0 Å². The molecule has 0 unspecified atom stereocenters. The summed E-state index contributed by atoms with van der Waals surface area (Å²) < 4.78 is 25.7. The summed E-state index contributed by atoms with van der Waals surface area (Å²) in [7, 11) is 0. The van der Waals surface area contributed by atoms with Gasteiger partial charge in [-0.25, -0.2) is 13.6 Å². The van der Waals surface area contributed by atoms with Crippen molar-refractivity contribution in [1.82, 2.24) is 10.2 Å². The zero-order valence-electron chi connectivity index (χ0n) is 10.1. The Kier molecular flexibility index (Phi) is 4.10. The molecule has 1 N–H and O–H groups in total. The number of urea groups is 1. The number of amides is 2. The Balaban J connectivity index is 2.39. The van der Waals surface area contributed by atoms with E-state index in [0.29, 0.717) is 5.92 Å². The van der Waals surface area contributed by atoms with E-state index in [2.05, 4.69) is 5.32 Å².